The fourth-order valence-electron chi connectivity index (χ4n) is 1.67. The summed E-state index contributed by atoms with van der Waals surface area (Å²) in [5.41, 5.74) is 0.578. The molecule has 1 atom stereocenters. The Morgan fingerprint density at radius 3 is 2.93 bits per heavy atom. The van der Waals surface area contributed by atoms with Crippen molar-refractivity contribution in [3.63, 3.8) is 0 Å². The molecule has 0 aliphatic carbocycles. The normalized spacial score (nSPS) is 25.4. The molecule has 6 heteroatoms. The molecule has 0 saturated carbocycles. The highest BCUT2D eigenvalue weighted by molar-refractivity contribution is 7.91. The molecule has 0 aromatic carbocycles. The largest absolute Gasteiger partial charge is 0.390 e. The number of sulfone groups is 1. The number of nitrogens with zero attached hydrogens (tertiary/aromatic N) is 2. The first-order valence-corrected chi connectivity index (χ1v) is 6.26. The molecule has 0 bridgehead atoms. The molecular formula is C8H12N2O3S. The minimum absolute atomic E-state index is 0.00667. The lowest BCUT2D eigenvalue weighted by Crippen LogP contribution is -2.09. The van der Waals surface area contributed by atoms with E-state index >= 15 is 0 Å². The Morgan fingerprint density at radius 1 is 1.64 bits per heavy atom. The molecule has 1 N–H and O–H groups in total. The Kier molecular flexibility index (Phi) is 2.32. The molecule has 5 nitrogen and oxygen atoms in total. The van der Waals surface area contributed by atoms with Gasteiger partial charge in [0.1, 0.15) is 0 Å². The third-order valence-electron chi connectivity index (χ3n) is 2.45. The minimum atomic E-state index is -2.85. The number of aromatic nitrogens is 2. The number of aliphatic hydroxyl groups is 1. The minimum Gasteiger partial charge on any atom is -0.390 e. The standard InChI is InChI=1S/C8H12N2O3S/c11-4-7-3-10(6-9-7)8-1-2-14(12,13)5-8/h3,6,8,11H,1-2,4-5H2. The van der Waals surface area contributed by atoms with Gasteiger partial charge >= 0.3 is 0 Å². The first-order chi connectivity index (χ1) is 6.61. The Labute approximate surface area is 82.3 Å². The quantitative estimate of drug-likeness (QED) is 0.739. The molecule has 2 rings (SSSR count). The average Bonchev–Trinajstić information content (AvgIpc) is 2.70. The van der Waals surface area contributed by atoms with Gasteiger partial charge in [-0.3, -0.25) is 0 Å². The molecule has 1 aliphatic heterocycles. The summed E-state index contributed by atoms with van der Waals surface area (Å²) < 4.78 is 24.2. The molecule has 0 spiro atoms. The van der Waals surface area contributed by atoms with Crippen molar-refractivity contribution in [3.05, 3.63) is 18.2 Å². The second-order valence-corrected chi connectivity index (χ2v) is 5.76. The van der Waals surface area contributed by atoms with Crippen molar-refractivity contribution in [1.29, 1.82) is 0 Å². The van der Waals surface area contributed by atoms with E-state index in [2.05, 4.69) is 4.98 Å². The average molecular weight is 216 g/mol. The van der Waals surface area contributed by atoms with Crippen LogP contribution in [0, 0.1) is 0 Å². The molecule has 1 saturated heterocycles. The van der Waals surface area contributed by atoms with E-state index in [4.69, 9.17) is 5.11 Å². The molecule has 14 heavy (non-hydrogen) atoms. The Bertz CT molecular complexity index is 424. The molecule has 0 radical (unpaired) electrons. The number of hydrogen-bond acceptors (Lipinski definition) is 4. The van der Waals surface area contributed by atoms with Crippen molar-refractivity contribution in [1.82, 2.24) is 9.55 Å². The van der Waals surface area contributed by atoms with E-state index in [1.165, 1.54) is 0 Å². The topological polar surface area (TPSA) is 72.2 Å². The van der Waals surface area contributed by atoms with Gasteiger partial charge in [-0.2, -0.15) is 0 Å². The third kappa shape index (κ3) is 1.80. The SMILES string of the molecule is O=S1(=O)CCC(n2cnc(CO)c2)C1. The predicted molar refractivity (Wildman–Crippen MR) is 50.5 cm³/mol. The van der Waals surface area contributed by atoms with E-state index in [-0.39, 0.29) is 24.2 Å². The van der Waals surface area contributed by atoms with Crippen LogP contribution >= 0.6 is 0 Å². The Balaban J connectivity index is 2.17. The molecule has 0 amide bonds. The Hall–Kier alpha value is -0.880. The van der Waals surface area contributed by atoms with Crippen molar-refractivity contribution in [2.24, 2.45) is 0 Å². The zero-order valence-corrected chi connectivity index (χ0v) is 8.44. The molecule has 1 aromatic heterocycles. The smallest absolute Gasteiger partial charge is 0.152 e. The number of imidazole rings is 1. The van der Waals surface area contributed by atoms with Gasteiger partial charge in [-0.05, 0) is 6.42 Å². The molecule has 1 fully saturated rings. The number of aliphatic hydroxyl groups excluding tert-OH is 1. The summed E-state index contributed by atoms with van der Waals surface area (Å²) in [5.74, 6) is 0.443. The van der Waals surface area contributed by atoms with Crippen LogP contribution in [0.15, 0.2) is 12.5 Å². The second kappa shape index (κ2) is 3.36. The first-order valence-electron chi connectivity index (χ1n) is 4.44. The summed E-state index contributed by atoms with van der Waals surface area (Å²) in [6.45, 7) is -0.105. The van der Waals surface area contributed by atoms with Crippen LogP contribution in [0.5, 0.6) is 0 Å². The summed E-state index contributed by atoms with van der Waals surface area (Å²) >= 11 is 0. The summed E-state index contributed by atoms with van der Waals surface area (Å²) in [6.07, 6.45) is 3.92. The highest BCUT2D eigenvalue weighted by Crippen LogP contribution is 2.23. The number of hydrogen-bond donors (Lipinski definition) is 1. The summed E-state index contributed by atoms with van der Waals surface area (Å²) in [4.78, 5) is 3.95. The van der Waals surface area contributed by atoms with Crippen LogP contribution in [0.3, 0.4) is 0 Å². The van der Waals surface area contributed by atoms with Gasteiger partial charge in [0.15, 0.2) is 9.84 Å². The van der Waals surface area contributed by atoms with Crippen LogP contribution in [0.2, 0.25) is 0 Å². The van der Waals surface area contributed by atoms with Gasteiger partial charge in [0.05, 0.1) is 30.1 Å². The second-order valence-electron chi connectivity index (χ2n) is 3.53. The molecule has 1 aromatic rings. The lowest BCUT2D eigenvalue weighted by Gasteiger charge is -2.07. The van der Waals surface area contributed by atoms with Crippen LogP contribution in [-0.2, 0) is 16.4 Å². The van der Waals surface area contributed by atoms with Crippen LogP contribution < -0.4 is 0 Å². The van der Waals surface area contributed by atoms with Gasteiger partial charge in [-0.25, -0.2) is 13.4 Å². The van der Waals surface area contributed by atoms with Crippen molar-refractivity contribution in [2.75, 3.05) is 11.5 Å². The van der Waals surface area contributed by atoms with E-state index in [0.29, 0.717) is 12.1 Å². The molecule has 2 heterocycles. The Morgan fingerprint density at radius 2 is 2.43 bits per heavy atom. The van der Waals surface area contributed by atoms with Crippen molar-refractivity contribution >= 4 is 9.84 Å². The predicted octanol–water partition coefficient (Wildman–Crippen LogP) is -0.265. The van der Waals surface area contributed by atoms with Crippen LogP contribution in [-0.4, -0.2) is 34.6 Å². The van der Waals surface area contributed by atoms with Gasteiger partial charge in [0.25, 0.3) is 0 Å². The van der Waals surface area contributed by atoms with Gasteiger partial charge in [-0.15, -0.1) is 0 Å². The van der Waals surface area contributed by atoms with Crippen LogP contribution in [0.25, 0.3) is 0 Å². The fourth-order valence-corrected chi connectivity index (χ4v) is 3.39. The molecular weight excluding hydrogens is 204 g/mol. The fraction of sp³-hybridized carbons (Fsp3) is 0.625. The van der Waals surface area contributed by atoms with Crippen LogP contribution in [0.1, 0.15) is 18.2 Å². The van der Waals surface area contributed by atoms with E-state index in [9.17, 15) is 8.42 Å². The van der Waals surface area contributed by atoms with Gasteiger partial charge < -0.3 is 9.67 Å². The van der Waals surface area contributed by atoms with Gasteiger partial charge in [-0.1, -0.05) is 0 Å². The lowest BCUT2D eigenvalue weighted by molar-refractivity contribution is 0.277. The van der Waals surface area contributed by atoms with Crippen LogP contribution in [0.4, 0.5) is 0 Å². The zero-order valence-electron chi connectivity index (χ0n) is 7.63. The molecule has 1 unspecified atom stereocenters. The van der Waals surface area contributed by atoms with Crippen molar-refractivity contribution < 1.29 is 13.5 Å². The third-order valence-corrected chi connectivity index (χ3v) is 4.20. The van der Waals surface area contributed by atoms with Gasteiger partial charge in [0.2, 0.25) is 0 Å². The summed E-state index contributed by atoms with van der Waals surface area (Å²) in [7, 11) is -2.85. The lowest BCUT2D eigenvalue weighted by atomic mass is 10.3. The van der Waals surface area contributed by atoms with Crippen molar-refractivity contribution in [2.45, 2.75) is 19.1 Å². The van der Waals surface area contributed by atoms with E-state index in [0.717, 1.165) is 0 Å². The van der Waals surface area contributed by atoms with E-state index < -0.39 is 9.84 Å². The zero-order chi connectivity index (χ0) is 10.2. The maximum absolute atomic E-state index is 11.2. The maximum Gasteiger partial charge on any atom is 0.152 e. The maximum atomic E-state index is 11.2. The molecule has 78 valence electrons. The number of rotatable bonds is 2. The van der Waals surface area contributed by atoms with Crippen molar-refractivity contribution in [3.8, 4) is 0 Å². The summed E-state index contributed by atoms with van der Waals surface area (Å²) in [5, 5.41) is 8.80. The van der Waals surface area contributed by atoms with E-state index in [1.807, 2.05) is 0 Å². The molecule has 1 aliphatic rings. The summed E-state index contributed by atoms with van der Waals surface area (Å²) in [6, 6.07) is -0.00667. The van der Waals surface area contributed by atoms with Gasteiger partial charge in [0, 0.05) is 12.2 Å². The highest BCUT2D eigenvalue weighted by atomic mass is 32.2. The highest BCUT2D eigenvalue weighted by Gasteiger charge is 2.28. The first kappa shape index (κ1) is 9.67. The monoisotopic (exact) mass is 216 g/mol. The van der Waals surface area contributed by atoms with E-state index in [1.54, 1.807) is 17.1 Å².